The number of carbonyl (C=O) groups is 2. The SMILES string of the molecule is Cc1ccc(-c2csc(NC(=O)CN3CCCCC3=O)n2)s1. The number of aromatic nitrogens is 1. The van der Waals surface area contributed by atoms with Crippen LogP contribution in [0.2, 0.25) is 0 Å². The molecule has 0 radical (unpaired) electrons. The zero-order valence-electron chi connectivity index (χ0n) is 12.3. The number of nitrogens with one attached hydrogen (secondary N) is 1. The van der Waals surface area contributed by atoms with E-state index >= 15 is 0 Å². The molecule has 22 heavy (non-hydrogen) atoms. The maximum absolute atomic E-state index is 12.0. The van der Waals surface area contributed by atoms with E-state index in [-0.39, 0.29) is 18.4 Å². The van der Waals surface area contributed by atoms with E-state index in [2.05, 4.69) is 23.3 Å². The molecule has 7 heteroatoms. The van der Waals surface area contributed by atoms with Crippen LogP contribution in [0.4, 0.5) is 5.13 Å². The second-order valence-electron chi connectivity index (χ2n) is 5.27. The molecule has 0 bridgehead atoms. The summed E-state index contributed by atoms with van der Waals surface area (Å²) in [5.41, 5.74) is 0.882. The van der Waals surface area contributed by atoms with E-state index in [4.69, 9.17) is 0 Å². The van der Waals surface area contributed by atoms with Crippen molar-refractivity contribution in [3.05, 3.63) is 22.4 Å². The predicted octanol–water partition coefficient (Wildman–Crippen LogP) is 3.13. The first-order valence-corrected chi connectivity index (χ1v) is 8.91. The molecular weight excluding hydrogens is 318 g/mol. The van der Waals surface area contributed by atoms with Gasteiger partial charge in [0.05, 0.1) is 17.1 Å². The summed E-state index contributed by atoms with van der Waals surface area (Å²) < 4.78 is 0. The first kappa shape index (κ1) is 15.2. The number of thiophene rings is 1. The number of carbonyl (C=O) groups excluding carboxylic acids is 2. The number of aryl methyl sites for hydroxylation is 1. The lowest BCUT2D eigenvalue weighted by Crippen LogP contribution is -2.40. The third-order valence-electron chi connectivity index (χ3n) is 3.50. The molecule has 0 aliphatic carbocycles. The van der Waals surface area contributed by atoms with Crippen molar-refractivity contribution < 1.29 is 9.59 Å². The number of nitrogens with zero attached hydrogens (tertiary/aromatic N) is 2. The van der Waals surface area contributed by atoms with Crippen LogP contribution in [-0.4, -0.2) is 34.8 Å². The van der Waals surface area contributed by atoms with E-state index < -0.39 is 0 Å². The van der Waals surface area contributed by atoms with Gasteiger partial charge in [0.1, 0.15) is 0 Å². The molecule has 3 heterocycles. The molecule has 0 spiro atoms. The van der Waals surface area contributed by atoms with Crippen LogP contribution in [0, 0.1) is 6.92 Å². The van der Waals surface area contributed by atoms with Gasteiger partial charge in [0.2, 0.25) is 11.8 Å². The van der Waals surface area contributed by atoms with Gasteiger partial charge in [-0.1, -0.05) is 0 Å². The molecule has 116 valence electrons. The van der Waals surface area contributed by atoms with Crippen molar-refractivity contribution in [3.63, 3.8) is 0 Å². The fourth-order valence-electron chi connectivity index (χ4n) is 2.38. The molecule has 1 N–H and O–H groups in total. The van der Waals surface area contributed by atoms with E-state index in [0.717, 1.165) is 23.4 Å². The Labute approximate surface area is 137 Å². The molecule has 0 saturated carbocycles. The summed E-state index contributed by atoms with van der Waals surface area (Å²) in [6.45, 7) is 2.84. The smallest absolute Gasteiger partial charge is 0.245 e. The minimum Gasteiger partial charge on any atom is -0.333 e. The van der Waals surface area contributed by atoms with Crippen molar-refractivity contribution in [2.45, 2.75) is 26.2 Å². The molecule has 1 aliphatic heterocycles. The van der Waals surface area contributed by atoms with Crippen molar-refractivity contribution in [2.75, 3.05) is 18.4 Å². The lowest BCUT2D eigenvalue weighted by molar-refractivity contribution is -0.136. The van der Waals surface area contributed by atoms with Crippen molar-refractivity contribution >= 4 is 39.6 Å². The molecule has 1 fully saturated rings. The molecule has 3 rings (SSSR count). The minimum absolute atomic E-state index is 0.0651. The van der Waals surface area contributed by atoms with Crippen LogP contribution in [0.25, 0.3) is 10.6 Å². The second-order valence-corrected chi connectivity index (χ2v) is 7.41. The van der Waals surface area contributed by atoms with Crippen LogP contribution in [0.1, 0.15) is 24.1 Å². The van der Waals surface area contributed by atoms with Gasteiger partial charge in [-0.05, 0) is 31.9 Å². The van der Waals surface area contributed by atoms with Gasteiger partial charge in [-0.2, -0.15) is 0 Å². The number of amides is 2. The minimum atomic E-state index is -0.182. The number of hydrogen-bond acceptors (Lipinski definition) is 5. The van der Waals surface area contributed by atoms with Crippen LogP contribution in [0.3, 0.4) is 0 Å². The van der Waals surface area contributed by atoms with Gasteiger partial charge >= 0.3 is 0 Å². The summed E-state index contributed by atoms with van der Waals surface area (Å²) in [6.07, 6.45) is 2.44. The molecule has 2 amide bonds. The quantitative estimate of drug-likeness (QED) is 0.934. The highest BCUT2D eigenvalue weighted by molar-refractivity contribution is 7.17. The van der Waals surface area contributed by atoms with Crippen LogP contribution in [-0.2, 0) is 9.59 Å². The van der Waals surface area contributed by atoms with E-state index in [9.17, 15) is 9.59 Å². The van der Waals surface area contributed by atoms with Crippen LogP contribution >= 0.6 is 22.7 Å². The number of hydrogen-bond donors (Lipinski definition) is 1. The summed E-state index contributed by atoms with van der Waals surface area (Å²) in [7, 11) is 0. The molecular formula is C15H17N3O2S2. The van der Waals surface area contributed by atoms with Gasteiger partial charge in [-0.15, -0.1) is 22.7 Å². The van der Waals surface area contributed by atoms with Crippen LogP contribution < -0.4 is 5.32 Å². The van der Waals surface area contributed by atoms with Crippen molar-refractivity contribution in [3.8, 4) is 10.6 Å². The molecule has 2 aromatic rings. The number of thiazole rings is 1. The fourth-order valence-corrected chi connectivity index (χ4v) is 4.01. The van der Waals surface area contributed by atoms with E-state index in [0.29, 0.717) is 18.1 Å². The molecule has 0 atom stereocenters. The topological polar surface area (TPSA) is 62.3 Å². The molecule has 1 aliphatic rings. The molecule has 5 nitrogen and oxygen atoms in total. The summed E-state index contributed by atoms with van der Waals surface area (Å²) in [5.74, 6) is -0.117. The third-order valence-corrected chi connectivity index (χ3v) is 5.28. The Morgan fingerprint density at radius 3 is 3.00 bits per heavy atom. The van der Waals surface area contributed by atoms with Gasteiger partial charge in [0.25, 0.3) is 0 Å². The van der Waals surface area contributed by atoms with Crippen molar-refractivity contribution in [1.29, 1.82) is 0 Å². The lowest BCUT2D eigenvalue weighted by atomic mass is 10.1. The molecule has 2 aromatic heterocycles. The monoisotopic (exact) mass is 335 g/mol. The Morgan fingerprint density at radius 2 is 2.27 bits per heavy atom. The van der Waals surface area contributed by atoms with Gasteiger partial charge in [-0.25, -0.2) is 4.98 Å². The van der Waals surface area contributed by atoms with Gasteiger partial charge in [0, 0.05) is 23.2 Å². The number of piperidine rings is 1. The molecule has 0 aromatic carbocycles. The normalized spacial score (nSPS) is 15.1. The van der Waals surface area contributed by atoms with Crippen molar-refractivity contribution in [2.24, 2.45) is 0 Å². The number of anilines is 1. The lowest BCUT2D eigenvalue weighted by Gasteiger charge is -2.25. The number of rotatable bonds is 4. The van der Waals surface area contributed by atoms with E-state index in [1.165, 1.54) is 16.2 Å². The highest BCUT2D eigenvalue weighted by Gasteiger charge is 2.20. The van der Waals surface area contributed by atoms with E-state index in [1.54, 1.807) is 16.2 Å². The fraction of sp³-hybridized carbons (Fsp3) is 0.400. The van der Waals surface area contributed by atoms with Crippen LogP contribution in [0.15, 0.2) is 17.5 Å². The average molecular weight is 335 g/mol. The highest BCUT2D eigenvalue weighted by atomic mass is 32.1. The van der Waals surface area contributed by atoms with Gasteiger partial charge in [0.15, 0.2) is 5.13 Å². The Kier molecular flexibility index (Phi) is 4.54. The summed E-state index contributed by atoms with van der Waals surface area (Å²) in [6, 6.07) is 4.09. The maximum Gasteiger partial charge on any atom is 0.245 e. The predicted molar refractivity (Wildman–Crippen MR) is 89.2 cm³/mol. The standard InChI is InChI=1S/C15H17N3O2S2/c1-10-5-6-12(22-10)11-9-21-15(16-11)17-13(19)8-18-7-3-2-4-14(18)20/h5-6,9H,2-4,7-8H2,1H3,(H,16,17,19). The Balaban J connectivity index is 1.60. The molecule has 1 saturated heterocycles. The third kappa shape index (κ3) is 3.53. The molecule has 0 unspecified atom stereocenters. The first-order valence-electron chi connectivity index (χ1n) is 7.22. The van der Waals surface area contributed by atoms with Gasteiger partial charge in [-0.3, -0.25) is 9.59 Å². The highest BCUT2D eigenvalue weighted by Crippen LogP contribution is 2.30. The first-order chi connectivity index (χ1) is 10.6. The average Bonchev–Trinajstić information content (AvgIpc) is 3.10. The summed E-state index contributed by atoms with van der Waals surface area (Å²) >= 11 is 3.09. The zero-order valence-corrected chi connectivity index (χ0v) is 13.9. The number of likely N-dealkylation sites (tertiary alicyclic amines) is 1. The Hall–Kier alpha value is -1.73. The van der Waals surface area contributed by atoms with Gasteiger partial charge < -0.3 is 10.2 Å². The van der Waals surface area contributed by atoms with Crippen molar-refractivity contribution in [1.82, 2.24) is 9.88 Å². The largest absolute Gasteiger partial charge is 0.333 e. The maximum atomic E-state index is 12.0. The second kappa shape index (κ2) is 6.58. The van der Waals surface area contributed by atoms with Crippen LogP contribution in [0.5, 0.6) is 0 Å². The Morgan fingerprint density at radius 1 is 1.41 bits per heavy atom. The summed E-state index contributed by atoms with van der Waals surface area (Å²) in [4.78, 5) is 32.1. The zero-order chi connectivity index (χ0) is 15.5. The summed E-state index contributed by atoms with van der Waals surface area (Å²) in [5, 5.41) is 5.30. The van der Waals surface area contributed by atoms with E-state index in [1.807, 2.05) is 11.4 Å². The Bertz CT molecular complexity index is 693.